The first-order valence-electron chi connectivity index (χ1n) is 7.56. The molecule has 2 rings (SSSR count). The molecule has 7 heteroatoms. The van der Waals surface area contributed by atoms with Crippen LogP contribution in [0.25, 0.3) is 0 Å². The molecule has 0 aliphatic carbocycles. The second-order valence-electron chi connectivity index (χ2n) is 5.86. The van der Waals surface area contributed by atoms with Gasteiger partial charge in [-0.3, -0.25) is 0 Å². The highest BCUT2D eigenvalue weighted by Gasteiger charge is 2.31. The number of hydrogen-bond acceptors (Lipinski definition) is 4. The Kier molecular flexibility index (Phi) is 5.80. The molecule has 2 fully saturated rings. The lowest BCUT2D eigenvalue weighted by atomic mass is 9.98. The molecule has 0 saturated carbocycles. The summed E-state index contributed by atoms with van der Waals surface area (Å²) in [5.74, 6) is 0.585. The van der Waals surface area contributed by atoms with Crippen molar-refractivity contribution in [3.05, 3.63) is 0 Å². The van der Waals surface area contributed by atoms with Crippen molar-refractivity contribution in [2.24, 2.45) is 5.92 Å². The number of ether oxygens (including phenoxy) is 1. The summed E-state index contributed by atoms with van der Waals surface area (Å²) in [5, 5.41) is 3.16. The van der Waals surface area contributed by atoms with Crippen LogP contribution in [-0.2, 0) is 14.9 Å². The Labute approximate surface area is 122 Å². The largest absolute Gasteiger partial charge is 0.377 e. The van der Waals surface area contributed by atoms with E-state index >= 15 is 0 Å². The summed E-state index contributed by atoms with van der Waals surface area (Å²) in [5.41, 5.74) is 0. The second-order valence-corrected chi connectivity index (χ2v) is 7.57. The molecule has 2 saturated heterocycles. The zero-order chi connectivity index (χ0) is 14.6. The maximum absolute atomic E-state index is 12.4. The first-order valence-corrected chi connectivity index (χ1v) is 9.00. The standard InChI is InChI=1S/C13H27N3O3S/c1-11(13-4-3-9-19-13)15-20(17,18)16-7-5-12(6-8-16)10-14-2/h11-15H,3-10H2,1-2H3. The number of nitrogens with one attached hydrogen (secondary N) is 2. The van der Waals surface area contributed by atoms with Crippen LogP contribution in [0.15, 0.2) is 0 Å². The van der Waals surface area contributed by atoms with Gasteiger partial charge in [0.05, 0.1) is 6.10 Å². The zero-order valence-electron chi connectivity index (χ0n) is 12.5. The summed E-state index contributed by atoms with van der Waals surface area (Å²) in [7, 11) is -1.44. The van der Waals surface area contributed by atoms with Crippen LogP contribution >= 0.6 is 0 Å². The highest BCUT2D eigenvalue weighted by Crippen LogP contribution is 2.20. The molecule has 118 valence electrons. The van der Waals surface area contributed by atoms with E-state index in [2.05, 4.69) is 10.0 Å². The van der Waals surface area contributed by atoms with Crippen molar-refractivity contribution in [2.45, 2.75) is 44.8 Å². The van der Waals surface area contributed by atoms with Crippen LogP contribution in [0.1, 0.15) is 32.6 Å². The molecule has 2 aliphatic heterocycles. The van der Waals surface area contributed by atoms with Crippen LogP contribution in [0.3, 0.4) is 0 Å². The highest BCUT2D eigenvalue weighted by molar-refractivity contribution is 7.87. The molecule has 0 aromatic heterocycles. The first kappa shape index (κ1) is 16.2. The molecule has 0 radical (unpaired) electrons. The molecular weight excluding hydrogens is 278 g/mol. The van der Waals surface area contributed by atoms with E-state index in [-0.39, 0.29) is 12.1 Å². The van der Waals surface area contributed by atoms with E-state index in [4.69, 9.17) is 4.74 Å². The third-order valence-corrected chi connectivity index (χ3v) is 5.98. The summed E-state index contributed by atoms with van der Waals surface area (Å²) in [6, 6.07) is -0.155. The van der Waals surface area contributed by atoms with Gasteiger partial charge in [0, 0.05) is 25.7 Å². The molecule has 0 amide bonds. The van der Waals surface area contributed by atoms with Crippen molar-refractivity contribution in [2.75, 3.05) is 33.3 Å². The number of piperidine rings is 1. The summed E-state index contributed by atoms with van der Waals surface area (Å²) in [6.45, 7) is 4.82. The van der Waals surface area contributed by atoms with Gasteiger partial charge in [0.2, 0.25) is 0 Å². The molecule has 0 aromatic rings. The normalized spacial score (nSPS) is 27.8. The Morgan fingerprint density at radius 3 is 2.55 bits per heavy atom. The summed E-state index contributed by atoms with van der Waals surface area (Å²) >= 11 is 0. The molecule has 2 atom stereocenters. The van der Waals surface area contributed by atoms with Gasteiger partial charge in [0.1, 0.15) is 0 Å². The van der Waals surface area contributed by atoms with Crippen molar-refractivity contribution < 1.29 is 13.2 Å². The molecule has 0 spiro atoms. The van der Waals surface area contributed by atoms with Crippen LogP contribution in [0.4, 0.5) is 0 Å². The fourth-order valence-electron chi connectivity index (χ4n) is 3.02. The number of hydrogen-bond donors (Lipinski definition) is 2. The lowest BCUT2D eigenvalue weighted by molar-refractivity contribution is 0.0894. The van der Waals surface area contributed by atoms with Gasteiger partial charge in [-0.05, 0) is 52.1 Å². The molecular formula is C13H27N3O3S. The zero-order valence-corrected chi connectivity index (χ0v) is 13.3. The highest BCUT2D eigenvalue weighted by atomic mass is 32.2. The van der Waals surface area contributed by atoms with Gasteiger partial charge in [-0.25, -0.2) is 0 Å². The first-order chi connectivity index (χ1) is 9.53. The van der Waals surface area contributed by atoms with Gasteiger partial charge < -0.3 is 10.1 Å². The average Bonchev–Trinajstić information content (AvgIpc) is 2.93. The Balaban J connectivity index is 1.84. The molecule has 2 N–H and O–H groups in total. The van der Waals surface area contributed by atoms with Gasteiger partial charge in [-0.1, -0.05) is 0 Å². The fourth-order valence-corrected chi connectivity index (χ4v) is 4.49. The molecule has 0 aromatic carbocycles. The SMILES string of the molecule is CNCC1CCN(S(=O)(=O)NC(C)C2CCCO2)CC1. The second kappa shape index (κ2) is 7.17. The van der Waals surface area contributed by atoms with Gasteiger partial charge in [-0.2, -0.15) is 17.4 Å². The van der Waals surface area contributed by atoms with E-state index in [1.165, 1.54) is 0 Å². The van der Waals surface area contributed by atoms with E-state index < -0.39 is 10.2 Å². The maximum Gasteiger partial charge on any atom is 0.279 e. The minimum absolute atomic E-state index is 0.0200. The Morgan fingerprint density at radius 2 is 2.00 bits per heavy atom. The number of nitrogens with zero attached hydrogens (tertiary/aromatic N) is 1. The molecule has 2 aliphatic rings. The average molecular weight is 305 g/mol. The quantitative estimate of drug-likeness (QED) is 0.741. The molecule has 2 unspecified atom stereocenters. The van der Waals surface area contributed by atoms with E-state index in [1.807, 2.05) is 14.0 Å². The smallest absolute Gasteiger partial charge is 0.279 e. The summed E-state index contributed by atoms with van der Waals surface area (Å²) < 4.78 is 34.6. The van der Waals surface area contributed by atoms with Gasteiger partial charge in [0.15, 0.2) is 0 Å². The minimum atomic E-state index is -3.38. The van der Waals surface area contributed by atoms with Crippen LogP contribution in [-0.4, -0.2) is 58.2 Å². The molecule has 2 heterocycles. The van der Waals surface area contributed by atoms with Crippen molar-refractivity contribution in [1.29, 1.82) is 0 Å². The Bertz CT molecular complexity index is 388. The number of rotatable bonds is 6. The predicted molar refractivity (Wildman–Crippen MR) is 78.7 cm³/mol. The van der Waals surface area contributed by atoms with Crippen molar-refractivity contribution in [3.63, 3.8) is 0 Å². The van der Waals surface area contributed by atoms with E-state index in [0.717, 1.165) is 38.8 Å². The van der Waals surface area contributed by atoms with Crippen molar-refractivity contribution in [3.8, 4) is 0 Å². The maximum atomic E-state index is 12.4. The predicted octanol–water partition coefficient (Wildman–Crippen LogP) is 0.320. The van der Waals surface area contributed by atoms with Gasteiger partial charge in [0.25, 0.3) is 10.2 Å². The van der Waals surface area contributed by atoms with Crippen LogP contribution in [0.2, 0.25) is 0 Å². The fraction of sp³-hybridized carbons (Fsp3) is 1.00. The Hall–Kier alpha value is -0.210. The molecule has 20 heavy (non-hydrogen) atoms. The Morgan fingerprint density at radius 1 is 1.30 bits per heavy atom. The monoisotopic (exact) mass is 305 g/mol. The van der Waals surface area contributed by atoms with Gasteiger partial charge >= 0.3 is 0 Å². The summed E-state index contributed by atoms with van der Waals surface area (Å²) in [4.78, 5) is 0. The van der Waals surface area contributed by atoms with Crippen LogP contribution in [0.5, 0.6) is 0 Å². The summed E-state index contributed by atoms with van der Waals surface area (Å²) in [6.07, 6.45) is 3.83. The third kappa shape index (κ3) is 4.14. The van der Waals surface area contributed by atoms with Crippen LogP contribution in [0, 0.1) is 5.92 Å². The molecule has 6 nitrogen and oxygen atoms in total. The van der Waals surface area contributed by atoms with E-state index in [0.29, 0.717) is 19.0 Å². The lowest BCUT2D eigenvalue weighted by Crippen LogP contribution is -2.50. The van der Waals surface area contributed by atoms with Crippen molar-refractivity contribution in [1.82, 2.24) is 14.3 Å². The van der Waals surface area contributed by atoms with Crippen molar-refractivity contribution >= 4 is 10.2 Å². The third-order valence-electron chi connectivity index (χ3n) is 4.26. The lowest BCUT2D eigenvalue weighted by Gasteiger charge is -2.32. The van der Waals surface area contributed by atoms with E-state index in [9.17, 15) is 8.42 Å². The molecule has 0 bridgehead atoms. The van der Waals surface area contributed by atoms with Gasteiger partial charge in [-0.15, -0.1) is 0 Å². The topological polar surface area (TPSA) is 70.7 Å². The van der Waals surface area contributed by atoms with Crippen LogP contribution < -0.4 is 10.0 Å². The minimum Gasteiger partial charge on any atom is -0.377 e. The van der Waals surface area contributed by atoms with E-state index in [1.54, 1.807) is 4.31 Å².